The van der Waals surface area contributed by atoms with Gasteiger partial charge in [-0.1, -0.05) is 0 Å². The average Bonchev–Trinajstić information content (AvgIpc) is 2.84. The Kier molecular flexibility index (Phi) is 8.37. The minimum atomic E-state index is -2.58. The van der Waals surface area contributed by atoms with Crippen LogP contribution < -0.4 is 15.7 Å². The predicted octanol–water partition coefficient (Wildman–Crippen LogP) is -2.40. The largest absolute Gasteiger partial charge is 0.459 e. The van der Waals surface area contributed by atoms with Crippen LogP contribution >= 0.6 is 0 Å². The number of carbonyl (C=O) groups excluding carboxylic acids is 1. The van der Waals surface area contributed by atoms with Crippen molar-refractivity contribution in [3.05, 3.63) is 40.2 Å². The van der Waals surface area contributed by atoms with Gasteiger partial charge in [0.05, 0.1) is 19.3 Å². The number of ether oxygens (including phenoxy) is 4. The summed E-state index contributed by atoms with van der Waals surface area (Å²) in [5.41, 5.74) is -2.34. The molecule has 2 saturated heterocycles. The molecule has 1 aromatic heterocycles. The predicted molar refractivity (Wildman–Crippen MR) is 126 cm³/mol. The summed E-state index contributed by atoms with van der Waals surface area (Å²) in [4.78, 5) is 23.9. The summed E-state index contributed by atoms with van der Waals surface area (Å²) in [7, 11) is 0. The number of hydrogen-bond acceptors (Lipinski definition) is 13. The van der Waals surface area contributed by atoms with E-state index in [1.807, 2.05) is 0 Å². The fourth-order valence-corrected chi connectivity index (χ4v) is 4.62. The van der Waals surface area contributed by atoms with Gasteiger partial charge in [-0.05, 0) is 24.6 Å². The normalized spacial score (nSPS) is 35.7. The van der Waals surface area contributed by atoms with Crippen LogP contribution in [0.1, 0.15) is 18.9 Å². The van der Waals surface area contributed by atoms with Gasteiger partial charge in [-0.25, -0.2) is 4.79 Å². The van der Waals surface area contributed by atoms with Gasteiger partial charge in [0.1, 0.15) is 41.9 Å². The van der Waals surface area contributed by atoms with Crippen LogP contribution in [0.5, 0.6) is 5.75 Å². The molecule has 2 aliphatic rings. The molecule has 2 aliphatic heterocycles. The quantitative estimate of drug-likeness (QED) is 0.144. The number of aryl methyl sites for hydroxylation is 1. The van der Waals surface area contributed by atoms with E-state index in [9.17, 15) is 40.2 Å². The molecule has 0 aliphatic carbocycles. The SMILES string of the molecule is CC(=O)N[C@]1(O)[C@@H](Oc2ccc3c(C)cc(=O)oc3c2)O[C@H](CO)[C@H](O)[C@@H]1O[C@H]1C[C@@H](O)[C@@H](O)[C@@H](CO)O1. The number of rotatable bonds is 7. The molecule has 2 aromatic rings. The summed E-state index contributed by atoms with van der Waals surface area (Å²) in [6.07, 6.45) is -12.3. The maximum absolute atomic E-state index is 12.1. The summed E-state index contributed by atoms with van der Waals surface area (Å²) >= 11 is 0. The van der Waals surface area contributed by atoms with Crippen LogP contribution in [0.2, 0.25) is 0 Å². The number of aliphatic hydroxyl groups excluding tert-OH is 5. The number of hydrogen-bond donors (Lipinski definition) is 7. The van der Waals surface area contributed by atoms with E-state index in [0.29, 0.717) is 10.9 Å². The molecule has 1 aromatic carbocycles. The molecule has 9 atom stereocenters. The molecule has 0 radical (unpaired) electrons. The first-order valence-corrected chi connectivity index (χ1v) is 11.9. The first kappa shape index (κ1) is 28.4. The number of aliphatic hydroxyl groups is 6. The van der Waals surface area contributed by atoms with Crippen LogP contribution in [0.15, 0.2) is 33.5 Å². The first-order valence-electron chi connectivity index (χ1n) is 11.9. The minimum absolute atomic E-state index is 0.0414. The molecule has 0 spiro atoms. The van der Waals surface area contributed by atoms with Crippen molar-refractivity contribution in [2.24, 2.45) is 0 Å². The third kappa shape index (κ3) is 5.54. The number of fused-ring (bicyclic) bond motifs is 1. The highest BCUT2D eigenvalue weighted by molar-refractivity contribution is 5.81. The molecule has 0 saturated carbocycles. The second kappa shape index (κ2) is 11.2. The van der Waals surface area contributed by atoms with Gasteiger partial charge < -0.3 is 59.3 Å². The molecule has 3 heterocycles. The molecule has 1 amide bonds. The summed E-state index contributed by atoms with van der Waals surface area (Å²) in [6, 6.07) is 5.79. The molecule has 0 bridgehead atoms. The Bertz CT molecular complexity index is 1200. The molecule has 38 heavy (non-hydrogen) atoms. The second-order valence-electron chi connectivity index (χ2n) is 9.35. The number of amides is 1. The zero-order valence-corrected chi connectivity index (χ0v) is 20.6. The fraction of sp³-hybridized carbons (Fsp3) is 0.583. The molecule has 4 rings (SSSR count). The lowest BCUT2D eigenvalue weighted by molar-refractivity contribution is -0.366. The average molecular weight is 542 g/mol. The van der Waals surface area contributed by atoms with Crippen molar-refractivity contribution in [2.45, 2.75) is 75.2 Å². The van der Waals surface area contributed by atoms with Crippen LogP contribution in [0, 0.1) is 6.92 Å². The van der Waals surface area contributed by atoms with E-state index in [1.165, 1.54) is 18.2 Å². The molecule has 14 nitrogen and oxygen atoms in total. The fourth-order valence-electron chi connectivity index (χ4n) is 4.62. The number of nitrogens with one attached hydrogen (secondary N) is 1. The lowest BCUT2D eigenvalue weighted by Gasteiger charge is -2.50. The van der Waals surface area contributed by atoms with Crippen molar-refractivity contribution >= 4 is 16.9 Å². The Labute approximate surface area is 215 Å². The first-order chi connectivity index (χ1) is 18.0. The molecule has 7 N–H and O–H groups in total. The summed E-state index contributed by atoms with van der Waals surface area (Å²) in [5.74, 6) is -0.721. The van der Waals surface area contributed by atoms with Gasteiger partial charge in [0, 0.05) is 30.9 Å². The monoisotopic (exact) mass is 541 g/mol. The molecule has 2 fully saturated rings. The number of benzene rings is 1. The smallest absolute Gasteiger partial charge is 0.336 e. The van der Waals surface area contributed by atoms with Crippen LogP contribution in [0.25, 0.3) is 11.0 Å². The summed E-state index contributed by atoms with van der Waals surface area (Å²) in [5, 5.41) is 64.8. The van der Waals surface area contributed by atoms with Gasteiger partial charge in [0.25, 0.3) is 6.29 Å². The van der Waals surface area contributed by atoms with Crippen molar-refractivity contribution in [1.82, 2.24) is 5.32 Å². The highest BCUT2D eigenvalue weighted by Gasteiger charge is 2.59. The third-order valence-electron chi connectivity index (χ3n) is 6.52. The molecule has 0 unspecified atom stereocenters. The van der Waals surface area contributed by atoms with Gasteiger partial charge in [-0.15, -0.1) is 0 Å². The molecule has 210 valence electrons. The van der Waals surface area contributed by atoms with Crippen LogP contribution in [0.3, 0.4) is 0 Å². The van der Waals surface area contributed by atoms with E-state index < -0.39 is 79.7 Å². The summed E-state index contributed by atoms with van der Waals surface area (Å²) in [6.45, 7) is 1.41. The molecule has 14 heteroatoms. The molecular formula is C24H31NO13. The summed E-state index contributed by atoms with van der Waals surface area (Å²) < 4.78 is 27.9. The lowest BCUT2D eigenvalue weighted by Crippen LogP contribution is -2.75. The van der Waals surface area contributed by atoms with E-state index in [4.69, 9.17) is 23.4 Å². The van der Waals surface area contributed by atoms with Crippen molar-refractivity contribution in [1.29, 1.82) is 0 Å². The Hall–Kier alpha value is -2.66. The van der Waals surface area contributed by atoms with Gasteiger partial charge >= 0.3 is 5.63 Å². The van der Waals surface area contributed by atoms with Crippen LogP contribution in [-0.4, -0.2) is 105 Å². The Balaban J connectivity index is 1.68. The Morgan fingerprint density at radius 2 is 1.79 bits per heavy atom. The van der Waals surface area contributed by atoms with Gasteiger partial charge in [-0.2, -0.15) is 0 Å². The highest BCUT2D eigenvalue weighted by Crippen LogP contribution is 2.35. The van der Waals surface area contributed by atoms with Gasteiger partial charge in [0.15, 0.2) is 6.29 Å². The Morgan fingerprint density at radius 1 is 1.11 bits per heavy atom. The Morgan fingerprint density at radius 3 is 2.45 bits per heavy atom. The van der Waals surface area contributed by atoms with E-state index in [2.05, 4.69) is 5.32 Å². The van der Waals surface area contributed by atoms with Gasteiger partial charge in [-0.3, -0.25) is 4.79 Å². The third-order valence-corrected chi connectivity index (χ3v) is 6.52. The van der Waals surface area contributed by atoms with Crippen molar-refractivity contribution in [3.8, 4) is 5.75 Å². The topological polar surface area (TPSA) is 218 Å². The zero-order valence-electron chi connectivity index (χ0n) is 20.6. The van der Waals surface area contributed by atoms with E-state index in [1.54, 1.807) is 13.0 Å². The van der Waals surface area contributed by atoms with Crippen molar-refractivity contribution < 1.29 is 58.8 Å². The van der Waals surface area contributed by atoms with Crippen LogP contribution in [-0.2, 0) is 19.0 Å². The van der Waals surface area contributed by atoms with Crippen molar-refractivity contribution in [2.75, 3.05) is 13.2 Å². The number of carbonyl (C=O) groups is 1. The maximum Gasteiger partial charge on any atom is 0.336 e. The van der Waals surface area contributed by atoms with Crippen molar-refractivity contribution in [3.63, 3.8) is 0 Å². The molecular weight excluding hydrogens is 510 g/mol. The van der Waals surface area contributed by atoms with E-state index in [-0.39, 0.29) is 17.8 Å². The highest BCUT2D eigenvalue weighted by atomic mass is 16.7. The lowest BCUT2D eigenvalue weighted by atomic mass is 9.92. The van der Waals surface area contributed by atoms with Gasteiger partial charge in [0.2, 0.25) is 11.6 Å². The second-order valence-corrected chi connectivity index (χ2v) is 9.35. The minimum Gasteiger partial charge on any atom is -0.459 e. The van der Waals surface area contributed by atoms with Crippen LogP contribution in [0.4, 0.5) is 0 Å². The van der Waals surface area contributed by atoms with E-state index >= 15 is 0 Å². The maximum atomic E-state index is 12.1. The van der Waals surface area contributed by atoms with E-state index in [0.717, 1.165) is 6.92 Å². The standard InChI is InChI=1S/C24H31NO13/c1-10-5-18(30)35-15-6-12(3-4-13(10)15)34-23-24(33,25-11(2)28)22(21(32)17(9-27)37-23)38-19-7-14(29)20(31)16(8-26)36-19/h3-6,14,16-17,19-23,26-27,29,31-33H,7-9H2,1-2H3,(H,25,28)/t14-,16-,17-,19+,20-,21+,22+,23+,24-/m1/s1. The zero-order chi connectivity index (χ0) is 27.8.